The Morgan fingerprint density at radius 3 is 2.79 bits per heavy atom. The Morgan fingerprint density at radius 2 is 2.04 bits per heavy atom. The molecular formula is C21H29IN4O2. The number of guanidine groups is 1. The molecule has 1 saturated heterocycles. The van der Waals surface area contributed by atoms with Crippen LogP contribution in [-0.2, 0) is 11.3 Å². The summed E-state index contributed by atoms with van der Waals surface area (Å²) in [4.78, 5) is 18.9. The topological polar surface area (TPSA) is 69.9 Å². The third-order valence-electron chi connectivity index (χ3n) is 5.68. The molecule has 0 radical (unpaired) electrons. The van der Waals surface area contributed by atoms with Gasteiger partial charge in [0.25, 0.3) is 0 Å². The Morgan fingerprint density at radius 1 is 1.25 bits per heavy atom. The first kappa shape index (κ1) is 21.0. The van der Waals surface area contributed by atoms with Gasteiger partial charge in [0.15, 0.2) is 5.96 Å². The zero-order valence-corrected chi connectivity index (χ0v) is 18.6. The van der Waals surface area contributed by atoms with Crippen LogP contribution in [0.15, 0.2) is 39.7 Å². The predicted octanol–water partition coefficient (Wildman–Crippen LogP) is 3.51. The molecule has 1 amide bonds. The molecule has 1 atom stereocenters. The van der Waals surface area contributed by atoms with E-state index < -0.39 is 0 Å². The number of nitrogens with one attached hydrogen (secondary N) is 2. The van der Waals surface area contributed by atoms with Crippen molar-refractivity contribution in [1.82, 2.24) is 15.5 Å². The first-order valence-electron chi connectivity index (χ1n) is 9.96. The minimum Gasteiger partial charge on any atom is -0.459 e. The van der Waals surface area contributed by atoms with Gasteiger partial charge in [-0.1, -0.05) is 31.0 Å². The molecular weight excluding hydrogens is 467 g/mol. The van der Waals surface area contributed by atoms with Crippen LogP contribution in [0.25, 0.3) is 11.0 Å². The lowest BCUT2D eigenvalue weighted by atomic mass is 10.1. The molecule has 0 spiro atoms. The number of amides is 1. The SMILES string of the molecule is CN=C(NCc1cc2ccccc2o1)NC1CCN(C(=O)C2CCCC2)C1.I. The summed E-state index contributed by atoms with van der Waals surface area (Å²) in [5.74, 6) is 2.23. The summed E-state index contributed by atoms with van der Waals surface area (Å²) >= 11 is 0. The Bertz CT molecular complexity index is 796. The summed E-state index contributed by atoms with van der Waals surface area (Å²) in [6.07, 6.45) is 5.49. The second-order valence-corrected chi connectivity index (χ2v) is 7.57. The van der Waals surface area contributed by atoms with Crippen LogP contribution >= 0.6 is 24.0 Å². The van der Waals surface area contributed by atoms with Crippen LogP contribution in [0, 0.1) is 5.92 Å². The van der Waals surface area contributed by atoms with E-state index in [0.717, 1.165) is 55.0 Å². The van der Waals surface area contributed by atoms with Gasteiger partial charge < -0.3 is 20.0 Å². The summed E-state index contributed by atoms with van der Waals surface area (Å²) in [5, 5.41) is 7.87. The standard InChI is InChI=1S/C21H28N4O2.HI/c1-22-21(23-13-18-12-16-8-4-5-9-19(16)27-18)24-17-10-11-25(14-17)20(26)15-6-2-3-7-15;/h4-5,8-9,12,15,17H,2-3,6-7,10-11,13-14H2,1H3,(H2,22,23,24);1H. The summed E-state index contributed by atoms with van der Waals surface area (Å²) in [6.45, 7) is 2.18. The molecule has 1 aromatic heterocycles. The van der Waals surface area contributed by atoms with Crippen molar-refractivity contribution in [2.24, 2.45) is 10.9 Å². The second-order valence-electron chi connectivity index (χ2n) is 7.57. The molecule has 2 N–H and O–H groups in total. The lowest BCUT2D eigenvalue weighted by Gasteiger charge is -2.21. The van der Waals surface area contributed by atoms with Crippen molar-refractivity contribution in [3.63, 3.8) is 0 Å². The summed E-state index contributed by atoms with van der Waals surface area (Å²) in [5.41, 5.74) is 0.897. The van der Waals surface area contributed by atoms with Crippen molar-refractivity contribution in [2.45, 2.75) is 44.7 Å². The van der Waals surface area contributed by atoms with Gasteiger partial charge in [-0.15, -0.1) is 24.0 Å². The van der Waals surface area contributed by atoms with Gasteiger partial charge in [0.1, 0.15) is 11.3 Å². The van der Waals surface area contributed by atoms with Crippen molar-refractivity contribution >= 4 is 46.8 Å². The number of carbonyl (C=O) groups excluding carboxylic acids is 1. The maximum Gasteiger partial charge on any atom is 0.225 e. The third-order valence-corrected chi connectivity index (χ3v) is 5.68. The smallest absolute Gasteiger partial charge is 0.225 e. The minimum absolute atomic E-state index is 0. The lowest BCUT2D eigenvalue weighted by Crippen LogP contribution is -2.45. The van der Waals surface area contributed by atoms with Crippen LogP contribution < -0.4 is 10.6 Å². The first-order chi connectivity index (χ1) is 13.2. The number of hydrogen-bond acceptors (Lipinski definition) is 3. The number of furan rings is 1. The van der Waals surface area contributed by atoms with E-state index in [9.17, 15) is 4.79 Å². The van der Waals surface area contributed by atoms with Gasteiger partial charge in [-0.05, 0) is 31.4 Å². The van der Waals surface area contributed by atoms with Crippen LogP contribution in [0.2, 0.25) is 0 Å². The van der Waals surface area contributed by atoms with Gasteiger partial charge in [-0.2, -0.15) is 0 Å². The number of fused-ring (bicyclic) bond motifs is 1. The van der Waals surface area contributed by atoms with Gasteiger partial charge in [-0.3, -0.25) is 9.79 Å². The van der Waals surface area contributed by atoms with E-state index in [0.29, 0.717) is 12.5 Å². The van der Waals surface area contributed by atoms with E-state index in [4.69, 9.17) is 4.42 Å². The van der Waals surface area contributed by atoms with Gasteiger partial charge in [0, 0.05) is 37.5 Å². The average Bonchev–Trinajstić information content (AvgIpc) is 3.44. The molecule has 6 nitrogen and oxygen atoms in total. The van der Waals surface area contributed by atoms with E-state index in [-0.39, 0.29) is 35.9 Å². The molecule has 152 valence electrons. The zero-order chi connectivity index (χ0) is 18.6. The van der Waals surface area contributed by atoms with Crippen LogP contribution in [-0.4, -0.2) is 42.9 Å². The molecule has 7 heteroatoms. The Hall–Kier alpha value is -1.77. The van der Waals surface area contributed by atoms with E-state index >= 15 is 0 Å². The van der Waals surface area contributed by atoms with Crippen LogP contribution in [0.5, 0.6) is 0 Å². The van der Waals surface area contributed by atoms with Gasteiger partial charge in [0.2, 0.25) is 5.91 Å². The van der Waals surface area contributed by atoms with Gasteiger partial charge >= 0.3 is 0 Å². The maximum atomic E-state index is 12.6. The first-order valence-corrected chi connectivity index (χ1v) is 9.96. The van der Waals surface area contributed by atoms with Crippen molar-refractivity contribution in [3.8, 4) is 0 Å². The fraction of sp³-hybridized carbons (Fsp3) is 0.524. The van der Waals surface area contributed by atoms with E-state index in [2.05, 4.69) is 15.6 Å². The summed E-state index contributed by atoms with van der Waals surface area (Å²) < 4.78 is 5.84. The van der Waals surface area contributed by atoms with Crippen LogP contribution in [0.3, 0.4) is 0 Å². The number of likely N-dealkylation sites (tertiary alicyclic amines) is 1. The fourth-order valence-electron chi connectivity index (χ4n) is 4.19. The molecule has 2 aliphatic rings. The normalized spacial score (nSPS) is 20.4. The number of carbonyl (C=O) groups is 1. The third kappa shape index (κ3) is 4.79. The highest BCUT2D eigenvalue weighted by Crippen LogP contribution is 2.27. The number of hydrogen-bond donors (Lipinski definition) is 2. The Kier molecular flexibility index (Phi) is 7.20. The number of aliphatic imine (C=N–C) groups is 1. The largest absolute Gasteiger partial charge is 0.459 e. The Balaban J connectivity index is 0.00000225. The summed E-state index contributed by atoms with van der Waals surface area (Å²) in [7, 11) is 1.77. The molecule has 1 aliphatic carbocycles. The Labute approximate surface area is 183 Å². The van der Waals surface area contributed by atoms with Crippen molar-refractivity contribution in [3.05, 3.63) is 36.1 Å². The molecule has 4 rings (SSSR count). The molecule has 2 heterocycles. The molecule has 2 fully saturated rings. The number of halogens is 1. The number of benzene rings is 1. The monoisotopic (exact) mass is 496 g/mol. The number of para-hydroxylation sites is 1. The highest BCUT2D eigenvalue weighted by molar-refractivity contribution is 14.0. The number of nitrogens with zero attached hydrogens (tertiary/aromatic N) is 2. The summed E-state index contributed by atoms with van der Waals surface area (Å²) in [6, 6.07) is 10.3. The molecule has 0 bridgehead atoms. The average molecular weight is 496 g/mol. The van der Waals surface area contributed by atoms with E-state index in [1.807, 2.05) is 35.2 Å². The molecule has 2 aromatic rings. The van der Waals surface area contributed by atoms with Crippen molar-refractivity contribution in [2.75, 3.05) is 20.1 Å². The predicted molar refractivity (Wildman–Crippen MR) is 122 cm³/mol. The molecule has 1 aromatic carbocycles. The van der Waals surface area contributed by atoms with Gasteiger partial charge in [-0.25, -0.2) is 0 Å². The molecule has 1 saturated carbocycles. The molecule has 28 heavy (non-hydrogen) atoms. The second kappa shape index (κ2) is 9.62. The fourth-order valence-corrected chi connectivity index (χ4v) is 4.19. The van der Waals surface area contributed by atoms with Crippen LogP contribution in [0.4, 0.5) is 0 Å². The van der Waals surface area contributed by atoms with Crippen LogP contribution in [0.1, 0.15) is 37.9 Å². The number of rotatable bonds is 4. The zero-order valence-electron chi connectivity index (χ0n) is 16.3. The highest BCUT2D eigenvalue weighted by Gasteiger charge is 2.32. The molecule has 1 aliphatic heterocycles. The minimum atomic E-state index is 0. The lowest BCUT2D eigenvalue weighted by molar-refractivity contribution is -0.134. The molecule has 1 unspecified atom stereocenters. The highest BCUT2D eigenvalue weighted by atomic mass is 127. The van der Waals surface area contributed by atoms with Crippen molar-refractivity contribution in [1.29, 1.82) is 0 Å². The maximum absolute atomic E-state index is 12.6. The quantitative estimate of drug-likeness (QED) is 0.386. The van der Waals surface area contributed by atoms with E-state index in [1.165, 1.54) is 12.8 Å². The van der Waals surface area contributed by atoms with E-state index in [1.54, 1.807) is 7.05 Å². The van der Waals surface area contributed by atoms with Gasteiger partial charge in [0.05, 0.1) is 6.54 Å². The van der Waals surface area contributed by atoms with Crippen molar-refractivity contribution < 1.29 is 9.21 Å².